The van der Waals surface area contributed by atoms with Crippen LogP contribution in [0.5, 0.6) is 0 Å². The summed E-state index contributed by atoms with van der Waals surface area (Å²) in [6.45, 7) is 12.0. The van der Waals surface area contributed by atoms with Gasteiger partial charge in [0.05, 0.1) is 31.5 Å². The molecule has 1 aromatic heterocycles. The number of piperazine rings is 1. The van der Waals surface area contributed by atoms with Crippen LogP contribution >= 0.6 is 0 Å². The Hall–Kier alpha value is -4.33. The summed E-state index contributed by atoms with van der Waals surface area (Å²) in [4.78, 5) is 49.1. The molecule has 3 amide bonds. The lowest BCUT2D eigenvalue weighted by Gasteiger charge is -2.35. The molecule has 0 saturated carbocycles. The van der Waals surface area contributed by atoms with E-state index in [1.807, 2.05) is 29.2 Å². The fraction of sp³-hybridized carbons (Fsp3) is 0.500. The van der Waals surface area contributed by atoms with Gasteiger partial charge in [-0.2, -0.15) is 15.0 Å². The highest BCUT2D eigenvalue weighted by Crippen LogP contribution is 2.31. The largest absolute Gasteiger partial charge is 0.377 e. The lowest BCUT2D eigenvalue weighted by atomic mass is 10.1. The third-order valence-corrected chi connectivity index (χ3v) is 9.46. The van der Waals surface area contributed by atoms with Gasteiger partial charge in [0, 0.05) is 68.3 Å². The fourth-order valence-electron chi connectivity index (χ4n) is 6.70. The molecule has 2 N–H and O–H groups in total. The van der Waals surface area contributed by atoms with Crippen molar-refractivity contribution in [3.05, 3.63) is 54.1 Å². The molecule has 0 radical (unpaired) electrons. The van der Waals surface area contributed by atoms with Crippen LogP contribution in [0.4, 0.5) is 28.1 Å². The number of anilines is 4. The maximum absolute atomic E-state index is 12.9. The number of carbonyl (C=O) groups is 2. The monoisotopic (exact) mass is 641 g/mol. The Morgan fingerprint density at radius 2 is 1.47 bits per heavy atom. The van der Waals surface area contributed by atoms with Crippen LogP contribution < -0.4 is 20.4 Å². The van der Waals surface area contributed by atoms with Crippen molar-refractivity contribution >= 4 is 35.2 Å². The maximum atomic E-state index is 12.9. The summed E-state index contributed by atoms with van der Waals surface area (Å²) in [5, 5.41) is 5.74. The third kappa shape index (κ3) is 7.16. The van der Waals surface area contributed by atoms with Crippen LogP contribution in [0.15, 0.2) is 48.5 Å². The number of nitrogens with zero attached hydrogens (tertiary/aromatic N) is 7. The lowest BCUT2D eigenvalue weighted by Crippen LogP contribution is -2.48. The van der Waals surface area contributed by atoms with Crippen LogP contribution in [0.1, 0.15) is 37.0 Å². The van der Waals surface area contributed by atoms with E-state index in [2.05, 4.69) is 39.2 Å². The molecule has 3 aromatic rings. The standard InChI is InChI=1S/C34H43N9O4/c1-3-40-14-16-41(17-15-40)31(44)25-6-10-27(11-7-25)36-34(45)35-26-8-4-24(5-9-26)30-37-32(42-20-28-12-13-29(21-42)47-28)39-33(38-30)43-18-19-46-22-23(43)2/h4-11,23,28-29H,3,12-22H2,1-2H3,(H2,35,36,45)/t23-,28?,29?/m0/s1. The Balaban J connectivity index is 1.01. The van der Waals surface area contributed by atoms with Gasteiger partial charge in [-0.15, -0.1) is 0 Å². The SMILES string of the molecule is CCN1CCN(C(=O)c2ccc(NC(=O)Nc3ccc(-c4nc(N5CC6CCC(C5)O6)nc(N5CCOC[C@@H]5C)n4)cc3)cc2)CC1. The Bertz CT molecular complexity index is 1550. The number of ether oxygens (including phenoxy) is 2. The Morgan fingerprint density at radius 1 is 0.830 bits per heavy atom. The Labute approximate surface area is 275 Å². The number of hydrogen-bond donors (Lipinski definition) is 2. The number of hydrogen-bond acceptors (Lipinski definition) is 10. The number of fused-ring (bicyclic) bond motifs is 2. The number of benzene rings is 2. The zero-order valence-corrected chi connectivity index (χ0v) is 27.1. The number of nitrogens with one attached hydrogen (secondary N) is 2. The van der Waals surface area contributed by atoms with Crippen LogP contribution in [0.2, 0.25) is 0 Å². The zero-order valence-electron chi connectivity index (χ0n) is 27.1. The molecular formula is C34H43N9O4. The van der Waals surface area contributed by atoms with E-state index in [0.717, 1.165) is 64.2 Å². The molecule has 7 rings (SSSR count). The van der Waals surface area contributed by atoms with Crippen LogP contribution in [-0.4, -0.2) is 121 Å². The van der Waals surface area contributed by atoms with Crippen LogP contribution in [0.25, 0.3) is 11.4 Å². The van der Waals surface area contributed by atoms with Crippen LogP contribution in [0.3, 0.4) is 0 Å². The van der Waals surface area contributed by atoms with Crippen molar-refractivity contribution in [1.29, 1.82) is 0 Å². The molecule has 4 fully saturated rings. The van der Waals surface area contributed by atoms with Gasteiger partial charge in [0.2, 0.25) is 11.9 Å². The minimum atomic E-state index is -0.375. The van der Waals surface area contributed by atoms with E-state index in [0.29, 0.717) is 54.4 Å². The molecule has 5 heterocycles. The van der Waals surface area contributed by atoms with Gasteiger partial charge < -0.3 is 39.7 Å². The second-order valence-electron chi connectivity index (χ2n) is 12.7. The molecule has 4 aliphatic heterocycles. The molecule has 2 bridgehead atoms. The second-order valence-corrected chi connectivity index (χ2v) is 12.7. The highest BCUT2D eigenvalue weighted by Gasteiger charge is 2.35. The predicted molar refractivity (Wildman–Crippen MR) is 180 cm³/mol. The summed E-state index contributed by atoms with van der Waals surface area (Å²) in [5.41, 5.74) is 2.68. The van der Waals surface area contributed by atoms with Gasteiger partial charge in [-0.05, 0) is 74.8 Å². The molecule has 3 atom stereocenters. The van der Waals surface area contributed by atoms with Gasteiger partial charge in [-0.1, -0.05) is 6.92 Å². The Kier molecular flexibility index (Phi) is 9.18. The third-order valence-electron chi connectivity index (χ3n) is 9.46. The van der Waals surface area contributed by atoms with E-state index in [1.54, 1.807) is 24.3 Å². The number of amides is 3. The van der Waals surface area contributed by atoms with Crippen LogP contribution in [0, 0.1) is 0 Å². The number of likely N-dealkylation sites (N-methyl/N-ethyl adjacent to an activating group) is 1. The molecule has 2 unspecified atom stereocenters. The van der Waals surface area contributed by atoms with Gasteiger partial charge >= 0.3 is 6.03 Å². The van der Waals surface area contributed by atoms with Crippen molar-refractivity contribution in [3.63, 3.8) is 0 Å². The van der Waals surface area contributed by atoms with Crippen molar-refractivity contribution in [2.24, 2.45) is 0 Å². The molecule has 4 aliphatic rings. The van der Waals surface area contributed by atoms with E-state index < -0.39 is 0 Å². The number of urea groups is 1. The van der Waals surface area contributed by atoms with E-state index in [1.165, 1.54) is 0 Å². The quantitative estimate of drug-likeness (QED) is 0.395. The number of rotatable bonds is 7. The molecule has 13 nitrogen and oxygen atoms in total. The van der Waals surface area contributed by atoms with E-state index in [-0.39, 0.29) is 30.2 Å². The minimum Gasteiger partial charge on any atom is -0.377 e. The van der Waals surface area contributed by atoms with Crippen molar-refractivity contribution in [1.82, 2.24) is 24.8 Å². The maximum Gasteiger partial charge on any atom is 0.323 e. The molecule has 248 valence electrons. The molecule has 2 aromatic carbocycles. The molecule has 4 saturated heterocycles. The summed E-state index contributed by atoms with van der Waals surface area (Å²) in [6.07, 6.45) is 2.56. The first-order chi connectivity index (χ1) is 22.9. The molecule has 13 heteroatoms. The van der Waals surface area contributed by atoms with E-state index in [9.17, 15) is 9.59 Å². The minimum absolute atomic E-state index is 0.0192. The zero-order chi connectivity index (χ0) is 32.3. The highest BCUT2D eigenvalue weighted by molar-refractivity contribution is 6.00. The van der Waals surface area contributed by atoms with Gasteiger partial charge in [-0.3, -0.25) is 4.79 Å². The fourth-order valence-corrected chi connectivity index (χ4v) is 6.70. The first kappa shape index (κ1) is 31.3. The summed E-state index contributed by atoms with van der Waals surface area (Å²) in [5.74, 6) is 1.91. The smallest absolute Gasteiger partial charge is 0.323 e. The summed E-state index contributed by atoms with van der Waals surface area (Å²) in [7, 11) is 0. The molecule has 47 heavy (non-hydrogen) atoms. The van der Waals surface area contributed by atoms with Gasteiger partial charge in [0.25, 0.3) is 5.91 Å². The highest BCUT2D eigenvalue weighted by atomic mass is 16.5. The van der Waals surface area contributed by atoms with Gasteiger partial charge in [0.1, 0.15) is 0 Å². The average Bonchev–Trinajstić information content (AvgIpc) is 3.45. The first-order valence-electron chi connectivity index (χ1n) is 16.7. The molecular weight excluding hydrogens is 598 g/mol. The van der Waals surface area contributed by atoms with Crippen molar-refractivity contribution < 1.29 is 19.1 Å². The normalized spacial score (nSPS) is 23.1. The van der Waals surface area contributed by atoms with E-state index in [4.69, 9.17) is 24.4 Å². The molecule has 0 aliphatic carbocycles. The van der Waals surface area contributed by atoms with Gasteiger partial charge in [-0.25, -0.2) is 4.79 Å². The molecule has 0 spiro atoms. The average molecular weight is 642 g/mol. The summed E-state index contributed by atoms with van der Waals surface area (Å²) < 4.78 is 11.7. The summed E-state index contributed by atoms with van der Waals surface area (Å²) >= 11 is 0. The van der Waals surface area contributed by atoms with Crippen molar-refractivity contribution in [2.45, 2.75) is 44.9 Å². The topological polar surface area (TPSA) is 128 Å². The van der Waals surface area contributed by atoms with Crippen molar-refractivity contribution in [3.8, 4) is 11.4 Å². The van der Waals surface area contributed by atoms with Gasteiger partial charge in [0.15, 0.2) is 5.82 Å². The van der Waals surface area contributed by atoms with Crippen LogP contribution in [-0.2, 0) is 9.47 Å². The number of carbonyl (C=O) groups excluding carboxylic acids is 2. The first-order valence-corrected chi connectivity index (χ1v) is 16.7. The summed E-state index contributed by atoms with van der Waals surface area (Å²) in [6, 6.07) is 14.3. The van der Waals surface area contributed by atoms with E-state index >= 15 is 0 Å². The number of morpholine rings is 2. The lowest BCUT2D eigenvalue weighted by molar-refractivity contribution is 0.0299. The Morgan fingerprint density at radius 3 is 2.11 bits per heavy atom. The second kappa shape index (κ2) is 13.8. The predicted octanol–water partition coefficient (Wildman–Crippen LogP) is 3.55. The van der Waals surface area contributed by atoms with Crippen molar-refractivity contribution in [2.75, 3.05) is 86.0 Å². The number of aromatic nitrogens is 3.